The zero-order valence-electron chi connectivity index (χ0n) is 15.4. The highest BCUT2D eigenvalue weighted by Crippen LogP contribution is 2.33. The van der Waals surface area contributed by atoms with Crippen molar-refractivity contribution in [2.75, 3.05) is 11.6 Å². The van der Waals surface area contributed by atoms with Crippen molar-refractivity contribution in [1.82, 2.24) is 4.98 Å². The molecule has 0 spiro atoms. The van der Waals surface area contributed by atoms with E-state index in [9.17, 15) is 13.2 Å². The Labute approximate surface area is 162 Å². The Hall–Kier alpha value is -3.44. The van der Waals surface area contributed by atoms with Crippen molar-refractivity contribution in [3.05, 3.63) is 59.3 Å². The van der Waals surface area contributed by atoms with E-state index in [4.69, 9.17) is 11.0 Å². The van der Waals surface area contributed by atoms with Gasteiger partial charge in [-0.3, -0.25) is 9.78 Å². The molecule has 3 aromatic rings. The molecular formula is C20H18N4O3S. The number of rotatable bonds is 5. The van der Waals surface area contributed by atoms with Crippen LogP contribution in [0, 0.1) is 11.3 Å². The molecule has 0 saturated heterocycles. The molecule has 2 aromatic carbocycles. The summed E-state index contributed by atoms with van der Waals surface area (Å²) >= 11 is 0. The van der Waals surface area contributed by atoms with E-state index in [0.29, 0.717) is 28.7 Å². The van der Waals surface area contributed by atoms with Gasteiger partial charge in [0.1, 0.15) is 0 Å². The number of pyridine rings is 1. The van der Waals surface area contributed by atoms with E-state index in [2.05, 4.69) is 16.4 Å². The first kappa shape index (κ1) is 19.3. The fourth-order valence-corrected chi connectivity index (χ4v) is 3.83. The first-order chi connectivity index (χ1) is 13.2. The van der Waals surface area contributed by atoms with Gasteiger partial charge in [-0.15, -0.1) is 0 Å². The Bertz CT molecular complexity index is 1240. The van der Waals surface area contributed by atoms with Crippen LogP contribution in [-0.4, -0.2) is 25.6 Å². The van der Waals surface area contributed by atoms with E-state index in [0.717, 1.165) is 11.8 Å². The van der Waals surface area contributed by atoms with Gasteiger partial charge in [-0.05, 0) is 42.3 Å². The van der Waals surface area contributed by atoms with Crippen molar-refractivity contribution in [3.8, 4) is 6.07 Å². The SMILES string of the molecule is CCc1cc(S(C)(=O)=O)c2ncc(C(N)=O)c(Nc3cccc(C#N)c3)c2c1. The number of nitrogens with zero attached hydrogens (tertiary/aromatic N) is 2. The van der Waals surface area contributed by atoms with Crippen LogP contribution in [0.25, 0.3) is 10.9 Å². The molecule has 1 heterocycles. The van der Waals surface area contributed by atoms with Crippen LogP contribution in [0.5, 0.6) is 0 Å². The van der Waals surface area contributed by atoms with E-state index in [1.165, 1.54) is 6.20 Å². The third-order valence-electron chi connectivity index (χ3n) is 4.33. The van der Waals surface area contributed by atoms with Gasteiger partial charge in [-0.25, -0.2) is 8.42 Å². The number of nitrogens with one attached hydrogen (secondary N) is 1. The molecule has 0 saturated carbocycles. The molecule has 28 heavy (non-hydrogen) atoms. The maximum atomic E-state index is 12.3. The lowest BCUT2D eigenvalue weighted by atomic mass is 10.0. The molecule has 0 aliphatic heterocycles. The van der Waals surface area contributed by atoms with Gasteiger partial charge in [-0.2, -0.15) is 5.26 Å². The van der Waals surface area contributed by atoms with Gasteiger partial charge in [0.15, 0.2) is 9.84 Å². The summed E-state index contributed by atoms with van der Waals surface area (Å²) < 4.78 is 24.6. The molecular weight excluding hydrogens is 376 g/mol. The number of aromatic nitrogens is 1. The van der Waals surface area contributed by atoms with Crippen molar-refractivity contribution in [2.24, 2.45) is 5.73 Å². The monoisotopic (exact) mass is 394 g/mol. The third-order valence-corrected chi connectivity index (χ3v) is 5.44. The minimum absolute atomic E-state index is 0.0895. The standard InChI is InChI=1S/C20H18N4O3S/c1-3-12-8-15-18(24-14-6-4-5-13(7-14)10-21)16(20(22)25)11-23-19(15)17(9-12)28(2,26)27/h4-9,11H,3H2,1-2H3,(H2,22,25)(H,23,24). The molecule has 8 heteroatoms. The average molecular weight is 394 g/mol. The number of hydrogen-bond acceptors (Lipinski definition) is 6. The summed E-state index contributed by atoms with van der Waals surface area (Å²) in [6, 6.07) is 12.2. The number of nitrogens with two attached hydrogens (primary N) is 1. The maximum absolute atomic E-state index is 12.3. The van der Waals surface area contributed by atoms with Crippen LogP contribution < -0.4 is 11.1 Å². The van der Waals surface area contributed by atoms with E-state index in [1.807, 2.05) is 6.92 Å². The Morgan fingerprint density at radius 3 is 2.64 bits per heavy atom. The zero-order chi connectivity index (χ0) is 20.5. The molecule has 1 amide bonds. The third kappa shape index (κ3) is 3.66. The zero-order valence-corrected chi connectivity index (χ0v) is 16.2. The Morgan fingerprint density at radius 2 is 2.04 bits per heavy atom. The molecule has 0 atom stereocenters. The highest BCUT2D eigenvalue weighted by molar-refractivity contribution is 7.91. The quantitative estimate of drug-likeness (QED) is 0.685. The van der Waals surface area contributed by atoms with Crippen molar-refractivity contribution in [3.63, 3.8) is 0 Å². The number of primary amides is 1. The van der Waals surface area contributed by atoms with Crippen LogP contribution in [0.3, 0.4) is 0 Å². The molecule has 1 aromatic heterocycles. The highest BCUT2D eigenvalue weighted by Gasteiger charge is 2.20. The predicted molar refractivity (Wildman–Crippen MR) is 107 cm³/mol. The molecule has 0 radical (unpaired) electrons. The molecule has 0 aliphatic rings. The number of carbonyl (C=O) groups is 1. The summed E-state index contributed by atoms with van der Waals surface area (Å²) in [4.78, 5) is 16.3. The van der Waals surface area contributed by atoms with Gasteiger partial charge >= 0.3 is 0 Å². The van der Waals surface area contributed by atoms with Gasteiger partial charge in [0.05, 0.1) is 33.3 Å². The van der Waals surface area contributed by atoms with Crippen LogP contribution in [0.15, 0.2) is 47.5 Å². The minimum atomic E-state index is -3.54. The van der Waals surface area contributed by atoms with E-state index < -0.39 is 15.7 Å². The van der Waals surface area contributed by atoms with E-state index in [1.54, 1.807) is 36.4 Å². The first-order valence-corrected chi connectivity index (χ1v) is 10.4. The summed E-state index contributed by atoms with van der Waals surface area (Å²) in [7, 11) is -3.54. The maximum Gasteiger partial charge on any atom is 0.252 e. The number of fused-ring (bicyclic) bond motifs is 1. The van der Waals surface area contributed by atoms with Crippen LogP contribution >= 0.6 is 0 Å². The molecule has 0 bridgehead atoms. The Morgan fingerprint density at radius 1 is 1.29 bits per heavy atom. The normalized spacial score (nSPS) is 11.2. The molecule has 0 unspecified atom stereocenters. The van der Waals surface area contributed by atoms with Gasteiger partial charge in [-0.1, -0.05) is 13.0 Å². The molecule has 3 N–H and O–H groups in total. The first-order valence-electron chi connectivity index (χ1n) is 8.47. The second-order valence-electron chi connectivity index (χ2n) is 6.34. The fraction of sp³-hybridized carbons (Fsp3) is 0.150. The van der Waals surface area contributed by atoms with E-state index >= 15 is 0 Å². The average Bonchev–Trinajstić information content (AvgIpc) is 2.66. The number of aryl methyl sites for hydroxylation is 1. The molecule has 0 fully saturated rings. The van der Waals surface area contributed by atoms with Gasteiger partial charge in [0, 0.05) is 23.5 Å². The lowest BCUT2D eigenvalue weighted by Gasteiger charge is -2.16. The predicted octanol–water partition coefficient (Wildman–Crippen LogP) is 2.91. The summed E-state index contributed by atoms with van der Waals surface area (Å²) in [5, 5.41) is 12.7. The number of nitriles is 1. The van der Waals surface area contributed by atoms with E-state index in [-0.39, 0.29) is 16.0 Å². The number of amides is 1. The number of hydrogen-bond donors (Lipinski definition) is 2. The molecule has 7 nitrogen and oxygen atoms in total. The molecule has 142 valence electrons. The van der Waals surface area contributed by atoms with Crippen molar-refractivity contribution in [1.29, 1.82) is 5.26 Å². The summed E-state index contributed by atoms with van der Waals surface area (Å²) in [5.41, 5.74) is 8.04. The molecule has 0 aliphatic carbocycles. The molecule has 3 rings (SSSR count). The number of carbonyl (C=O) groups excluding carboxylic acids is 1. The lowest BCUT2D eigenvalue weighted by Crippen LogP contribution is -2.15. The van der Waals surface area contributed by atoms with Gasteiger partial charge in [0.25, 0.3) is 5.91 Å². The summed E-state index contributed by atoms with van der Waals surface area (Å²) in [6.45, 7) is 1.90. The highest BCUT2D eigenvalue weighted by atomic mass is 32.2. The number of benzene rings is 2. The fourth-order valence-electron chi connectivity index (χ4n) is 2.95. The largest absolute Gasteiger partial charge is 0.365 e. The topological polar surface area (TPSA) is 126 Å². The Kier molecular flexibility index (Phi) is 5.03. The van der Waals surface area contributed by atoms with Gasteiger partial charge < -0.3 is 11.1 Å². The van der Waals surface area contributed by atoms with Crippen molar-refractivity contribution >= 4 is 38.0 Å². The smallest absolute Gasteiger partial charge is 0.252 e. The Balaban J connectivity index is 2.36. The van der Waals surface area contributed by atoms with Crippen molar-refractivity contribution < 1.29 is 13.2 Å². The number of anilines is 2. The second-order valence-corrected chi connectivity index (χ2v) is 8.33. The second kappa shape index (κ2) is 7.29. The van der Waals surface area contributed by atoms with Crippen LogP contribution in [-0.2, 0) is 16.3 Å². The van der Waals surface area contributed by atoms with Crippen molar-refractivity contribution in [2.45, 2.75) is 18.2 Å². The minimum Gasteiger partial charge on any atom is -0.365 e. The van der Waals surface area contributed by atoms with Crippen LogP contribution in [0.1, 0.15) is 28.4 Å². The van der Waals surface area contributed by atoms with Gasteiger partial charge in [0.2, 0.25) is 0 Å². The van der Waals surface area contributed by atoms with Crippen LogP contribution in [0.4, 0.5) is 11.4 Å². The summed E-state index contributed by atoms with van der Waals surface area (Å²) in [6.07, 6.45) is 2.98. The summed E-state index contributed by atoms with van der Waals surface area (Å²) in [5.74, 6) is -0.698. The lowest BCUT2D eigenvalue weighted by molar-refractivity contribution is 0.100. The van der Waals surface area contributed by atoms with Crippen LogP contribution in [0.2, 0.25) is 0 Å². The number of sulfone groups is 1.